The number of hydrogen-bond acceptors (Lipinski definition) is 8. The lowest BCUT2D eigenvalue weighted by molar-refractivity contribution is -0.428. The van der Waals surface area contributed by atoms with Crippen LogP contribution in [0.2, 0.25) is 0 Å². The minimum absolute atomic E-state index is 0.364. The fourth-order valence-electron chi connectivity index (χ4n) is 1.69. The van der Waals surface area contributed by atoms with Crippen LogP contribution in [-0.4, -0.2) is 69.6 Å². The molecule has 0 radical (unpaired) electrons. The van der Waals surface area contributed by atoms with Crippen molar-refractivity contribution in [1.29, 1.82) is 0 Å². The normalized spacial score (nSPS) is 14.4. The maximum atomic E-state index is 5.82. The van der Waals surface area contributed by atoms with Gasteiger partial charge >= 0.3 is 15.0 Å². The summed E-state index contributed by atoms with van der Waals surface area (Å²) in [6.07, 6.45) is -1.06. The Morgan fingerprint density at radius 1 is 0.762 bits per heavy atom. The van der Waals surface area contributed by atoms with Crippen LogP contribution < -0.4 is 0 Å². The molecule has 0 saturated carbocycles. The second kappa shape index (κ2) is 10.6. The third kappa shape index (κ3) is 5.55. The predicted molar refractivity (Wildman–Crippen MR) is 76.3 cm³/mol. The van der Waals surface area contributed by atoms with E-state index in [0.29, 0.717) is 19.8 Å². The average Bonchev–Trinajstić information content (AvgIpc) is 2.49. The van der Waals surface area contributed by atoms with Gasteiger partial charge in [0.1, 0.15) is 0 Å². The number of hydrogen-bond donors (Lipinski definition) is 0. The van der Waals surface area contributed by atoms with Crippen LogP contribution in [0.4, 0.5) is 0 Å². The fourth-order valence-corrected chi connectivity index (χ4v) is 3.71. The Morgan fingerprint density at radius 2 is 1.14 bits per heavy atom. The Hall–Kier alpha value is -0.103. The molecule has 0 bridgehead atoms. The molecule has 0 aliphatic heterocycles. The second-order valence-electron chi connectivity index (χ2n) is 3.70. The highest BCUT2D eigenvalue weighted by molar-refractivity contribution is 6.53. The van der Waals surface area contributed by atoms with Crippen molar-refractivity contribution in [1.82, 2.24) is 0 Å². The van der Waals surface area contributed by atoms with Gasteiger partial charge in [0.05, 0.1) is 0 Å². The Morgan fingerprint density at radius 3 is 1.38 bits per heavy atom. The van der Waals surface area contributed by atoms with Gasteiger partial charge in [-0.05, 0) is 20.8 Å². The van der Waals surface area contributed by atoms with Crippen molar-refractivity contribution in [2.24, 2.45) is 0 Å². The summed E-state index contributed by atoms with van der Waals surface area (Å²) in [5.74, 6) is -1.56. The minimum atomic E-state index is -3.40. The van der Waals surface area contributed by atoms with E-state index in [1.807, 2.05) is 20.8 Å². The molecule has 8 nitrogen and oxygen atoms in total. The third-order valence-corrected chi connectivity index (χ3v) is 5.00. The Kier molecular flexibility index (Phi) is 10.5. The smallest absolute Gasteiger partial charge is 0.351 e. The van der Waals surface area contributed by atoms with Crippen molar-refractivity contribution < 1.29 is 36.7 Å². The van der Waals surface area contributed by atoms with Gasteiger partial charge in [0.25, 0.3) is 0 Å². The van der Waals surface area contributed by atoms with Gasteiger partial charge in [-0.3, -0.25) is 0 Å². The standard InChI is InChI=1S/C12H28O8Si/c1-8-17-21(18-9-2,19-10-3)20-11(13-4)12(14-5,15-6)16-7/h11H,8-10H2,1-7H3. The SMILES string of the molecule is CCO[Si](OCC)(OCC)OC(OC)C(OC)(OC)OC. The van der Waals surface area contributed by atoms with E-state index in [1.165, 1.54) is 28.4 Å². The number of ether oxygens (including phenoxy) is 4. The van der Waals surface area contributed by atoms with Gasteiger partial charge in [-0.2, -0.15) is 0 Å². The predicted octanol–water partition coefficient (Wildman–Crippen LogP) is 1.11. The molecule has 1 unspecified atom stereocenters. The molecule has 0 N–H and O–H groups in total. The summed E-state index contributed by atoms with van der Waals surface area (Å²) in [6.45, 7) is 6.55. The molecule has 0 aromatic rings. The summed E-state index contributed by atoms with van der Waals surface area (Å²) >= 11 is 0. The molecule has 0 aliphatic carbocycles. The highest BCUT2D eigenvalue weighted by atomic mass is 28.4. The van der Waals surface area contributed by atoms with E-state index in [-0.39, 0.29) is 0 Å². The fraction of sp³-hybridized carbons (Fsp3) is 1.00. The van der Waals surface area contributed by atoms with Gasteiger partial charge < -0.3 is 36.7 Å². The minimum Gasteiger partial charge on any atom is -0.351 e. The van der Waals surface area contributed by atoms with Crippen LogP contribution >= 0.6 is 0 Å². The molecule has 0 rings (SSSR count). The van der Waals surface area contributed by atoms with Crippen molar-refractivity contribution in [3.63, 3.8) is 0 Å². The monoisotopic (exact) mass is 328 g/mol. The lowest BCUT2D eigenvalue weighted by Crippen LogP contribution is -2.59. The Labute approximate surface area is 128 Å². The van der Waals surface area contributed by atoms with Gasteiger partial charge in [0.2, 0.25) is 6.29 Å². The van der Waals surface area contributed by atoms with Crippen molar-refractivity contribution in [2.45, 2.75) is 33.0 Å². The molecule has 1 atom stereocenters. The van der Waals surface area contributed by atoms with Crippen LogP contribution in [-0.2, 0) is 36.7 Å². The number of methoxy groups -OCH3 is 4. The quantitative estimate of drug-likeness (QED) is 0.368. The highest BCUT2D eigenvalue weighted by Crippen LogP contribution is 2.26. The maximum Gasteiger partial charge on any atom is 0.681 e. The molecule has 0 amide bonds. The lowest BCUT2D eigenvalue weighted by atomic mass is 10.5. The van der Waals surface area contributed by atoms with Gasteiger partial charge in [0, 0.05) is 48.3 Å². The zero-order chi connectivity index (χ0) is 16.4. The Balaban J connectivity index is 5.31. The molecule has 0 aromatic carbocycles. The first-order valence-electron chi connectivity index (χ1n) is 6.81. The average molecular weight is 328 g/mol. The second-order valence-corrected chi connectivity index (χ2v) is 5.80. The highest BCUT2D eigenvalue weighted by Gasteiger charge is 2.54. The van der Waals surface area contributed by atoms with Crippen LogP contribution in [0.25, 0.3) is 0 Å². The van der Waals surface area contributed by atoms with Gasteiger partial charge in [0.15, 0.2) is 0 Å². The first-order valence-corrected chi connectivity index (χ1v) is 8.44. The Bertz CT molecular complexity index is 236. The topological polar surface area (TPSA) is 73.8 Å². The van der Waals surface area contributed by atoms with Crippen LogP contribution in [0.1, 0.15) is 20.8 Å². The zero-order valence-electron chi connectivity index (χ0n) is 14.0. The molecule has 21 heavy (non-hydrogen) atoms. The molecule has 0 fully saturated rings. The summed E-state index contributed by atoms with van der Waals surface area (Å²) in [4.78, 5) is 0. The summed E-state index contributed by atoms with van der Waals surface area (Å²) in [5, 5.41) is 0. The van der Waals surface area contributed by atoms with E-state index in [4.69, 9.17) is 36.7 Å². The van der Waals surface area contributed by atoms with Crippen molar-refractivity contribution in [3.8, 4) is 0 Å². The summed E-state index contributed by atoms with van der Waals surface area (Å²) in [6, 6.07) is 0. The van der Waals surface area contributed by atoms with E-state index in [1.54, 1.807) is 0 Å². The molecule has 9 heteroatoms. The van der Waals surface area contributed by atoms with E-state index >= 15 is 0 Å². The third-order valence-electron chi connectivity index (χ3n) is 2.57. The summed E-state index contributed by atoms with van der Waals surface area (Å²) in [7, 11) is 2.26. The lowest BCUT2D eigenvalue weighted by Gasteiger charge is -2.38. The molecule has 0 aliphatic rings. The largest absolute Gasteiger partial charge is 0.681 e. The molecule has 0 heterocycles. The summed E-state index contributed by atoms with van der Waals surface area (Å²) < 4.78 is 43.6. The van der Waals surface area contributed by atoms with Crippen LogP contribution in [0.3, 0.4) is 0 Å². The van der Waals surface area contributed by atoms with E-state index < -0.39 is 21.3 Å². The van der Waals surface area contributed by atoms with Gasteiger partial charge in [-0.1, -0.05) is 0 Å². The number of rotatable bonds is 13. The summed E-state index contributed by atoms with van der Waals surface area (Å²) in [5.41, 5.74) is 0. The van der Waals surface area contributed by atoms with E-state index in [0.717, 1.165) is 0 Å². The molecule has 128 valence electrons. The van der Waals surface area contributed by atoms with Gasteiger partial charge in [-0.15, -0.1) is 0 Å². The molecular formula is C12H28O8Si. The van der Waals surface area contributed by atoms with E-state index in [2.05, 4.69) is 0 Å². The first-order chi connectivity index (χ1) is 10.0. The van der Waals surface area contributed by atoms with Crippen LogP contribution in [0.15, 0.2) is 0 Å². The first kappa shape index (κ1) is 20.9. The maximum absolute atomic E-state index is 5.82. The van der Waals surface area contributed by atoms with Gasteiger partial charge in [-0.25, -0.2) is 0 Å². The van der Waals surface area contributed by atoms with Crippen molar-refractivity contribution in [2.75, 3.05) is 48.3 Å². The zero-order valence-corrected chi connectivity index (χ0v) is 15.0. The molecule has 0 aromatic heterocycles. The molecule has 0 saturated heterocycles. The van der Waals surface area contributed by atoms with Crippen LogP contribution in [0.5, 0.6) is 0 Å². The van der Waals surface area contributed by atoms with Crippen molar-refractivity contribution in [3.05, 3.63) is 0 Å². The van der Waals surface area contributed by atoms with E-state index in [9.17, 15) is 0 Å². The van der Waals surface area contributed by atoms with Crippen molar-refractivity contribution >= 4 is 9.05 Å². The van der Waals surface area contributed by atoms with Crippen LogP contribution in [0, 0.1) is 0 Å². The molecule has 0 spiro atoms. The molecular weight excluding hydrogens is 300 g/mol.